The van der Waals surface area contributed by atoms with Crippen LogP contribution < -0.4 is 10.1 Å². The van der Waals surface area contributed by atoms with Crippen LogP contribution in [0.25, 0.3) is 0 Å². The number of hydrogen-bond acceptors (Lipinski definition) is 2. The fraction of sp³-hybridized carbons (Fsp3) is 0.625. The maximum absolute atomic E-state index is 13.1. The molecule has 1 heterocycles. The lowest BCUT2D eigenvalue weighted by atomic mass is 10.1. The van der Waals surface area contributed by atoms with Crippen LogP contribution in [0.2, 0.25) is 0 Å². The normalized spacial score (nSPS) is 22.9. The van der Waals surface area contributed by atoms with E-state index >= 15 is 0 Å². The summed E-state index contributed by atoms with van der Waals surface area (Å²) in [6.07, 6.45) is 6.26. The number of halogens is 1. The van der Waals surface area contributed by atoms with Crippen molar-refractivity contribution in [2.24, 2.45) is 5.92 Å². The van der Waals surface area contributed by atoms with E-state index in [1.54, 1.807) is 12.1 Å². The molecule has 0 radical (unpaired) electrons. The van der Waals surface area contributed by atoms with Crippen molar-refractivity contribution in [2.75, 3.05) is 6.54 Å². The highest BCUT2D eigenvalue weighted by Gasteiger charge is 2.27. The number of hydrogen-bond donors (Lipinski definition) is 1. The van der Waals surface area contributed by atoms with Gasteiger partial charge in [0.2, 0.25) is 0 Å². The minimum absolute atomic E-state index is 0.157. The summed E-state index contributed by atoms with van der Waals surface area (Å²) >= 11 is 0. The summed E-state index contributed by atoms with van der Waals surface area (Å²) in [5.41, 5.74) is 1.00. The van der Waals surface area contributed by atoms with E-state index in [0.29, 0.717) is 6.04 Å². The third-order valence-electron chi connectivity index (χ3n) is 4.21. The second-order valence-corrected chi connectivity index (χ2v) is 5.89. The molecule has 1 saturated carbocycles. The predicted octanol–water partition coefficient (Wildman–Crippen LogP) is 3.30. The minimum atomic E-state index is -0.170. The van der Waals surface area contributed by atoms with Crippen LogP contribution in [0, 0.1) is 11.7 Å². The number of fused-ring (bicyclic) bond motifs is 1. The van der Waals surface area contributed by atoms with E-state index in [-0.39, 0.29) is 11.9 Å². The lowest BCUT2D eigenvalue weighted by Gasteiger charge is -2.19. The van der Waals surface area contributed by atoms with Crippen LogP contribution >= 0.6 is 0 Å². The minimum Gasteiger partial charge on any atom is -0.488 e. The van der Waals surface area contributed by atoms with E-state index in [9.17, 15) is 4.39 Å². The van der Waals surface area contributed by atoms with E-state index in [1.807, 2.05) is 0 Å². The molecule has 2 nitrogen and oxygen atoms in total. The molecule has 0 spiro atoms. The van der Waals surface area contributed by atoms with Crippen LogP contribution in [0.1, 0.15) is 38.2 Å². The van der Waals surface area contributed by atoms with E-state index in [4.69, 9.17) is 4.74 Å². The molecule has 0 aromatic heterocycles. The molecule has 2 aliphatic rings. The number of nitrogens with one attached hydrogen (secondary N) is 1. The molecule has 19 heavy (non-hydrogen) atoms. The first kappa shape index (κ1) is 12.9. The molecule has 2 atom stereocenters. The summed E-state index contributed by atoms with van der Waals surface area (Å²) in [6, 6.07) is 5.41. The van der Waals surface area contributed by atoms with Crippen LogP contribution in [0.4, 0.5) is 4.39 Å². The highest BCUT2D eigenvalue weighted by molar-refractivity contribution is 5.37. The van der Waals surface area contributed by atoms with E-state index in [1.165, 1.54) is 31.7 Å². The average molecular weight is 263 g/mol. The first-order valence-electron chi connectivity index (χ1n) is 7.43. The second kappa shape index (κ2) is 5.49. The molecule has 1 aromatic rings. The molecular formula is C16H22FNO. The van der Waals surface area contributed by atoms with E-state index in [0.717, 1.165) is 30.2 Å². The van der Waals surface area contributed by atoms with Crippen molar-refractivity contribution in [3.63, 3.8) is 0 Å². The van der Waals surface area contributed by atoms with Gasteiger partial charge in [0.1, 0.15) is 17.7 Å². The lowest BCUT2D eigenvalue weighted by Crippen LogP contribution is -2.37. The Kier molecular flexibility index (Phi) is 3.74. The van der Waals surface area contributed by atoms with Crippen LogP contribution in [0.15, 0.2) is 18.2 Å². The molecule has 0 bridgehead atoms. The summed E-state index contributed by atoms with van der Waals surface area (Å²) in [7, 11) is 0. The summed E-state index contributed by atoms with van der Waals surface area (Å²) in [5.74, 6) is 1.63. The predicted molar refractivity (Wildman–Crippen MR) is 73.9 cm³/mol. The smallest absolute Gasteiger partial charge is 0.123 e. The largest absolute Gasteiger partial charge is 0.488 e. The SMILES string of the molecule is CCC(CC1CC1)NCC1Cc2cc(F)ccc2O1. The lowest BCUT2D eigenvalue weighted by molar-refractivity contribution is 0.218. The van der Waals surface area contributed by atoms with Gasteiger partial charge in [0.05, 0.1) is 0 Å². The summed E-state index contributed by atoms with van der Waals surface area (Å²) < 4.78 is 19.0. The second-order valence-electron chi connectivity index (χ2n) is 5.89. The maximum atomic E-state index is 13.1. The topological polar surface area (TPSA) is 21.3 Å². The van der Waals surface area contributed by atoms with Gasteiger partial charge < -0.3 is 10.1 Å². The van der Waals surface area contributed by atoms with Gasteiger partial charge in [-0.3, -0.25) is 0 Å². The molecule has 104 valence electrons. The fourth-order valence-electron chi connectivity index (χ4n) is 2.85. The van der Waals surface area contributed by atoms with Crippen molar-refractivity contribution in [1.29, 1.82) is 0 Å². The molecule has 3 heteroatoms. The third-order valence-corrected chi connectivity index (χ3v) is 4.21. The van der Waals surface area contributed by atoms with Gasteiger partial charge in [0.25, 0.3) is 0 Å². The summed E-state index contributed by atoms with van der Waals surface area (Å²) in [4.78, 5) is 0. The molecule has 1 aliphatic carbocycles. The van der Waals surface area contributed by atoms with Gasteiger partial charge >= 0.3 is 0 Å². The Labute approximate surface area is 114 Å². The van der Waals surface area contributed by atoms with Crippen molar-refractivity contribution in [1.82, 2.24) is 5.32 Å². The molecule has 2 unspecified atom stereocenters. The monoisotopic (exact) mass is 263 g/mol. The molecule has 1 fully saturated rings. The zero-order chi connectivity index (χ0) is 13.2. The zero-order valence-electron chi connectivity index (χ0n) is 11.5. The molecule has 0 amide bonds. The van der Waals surface area contributed by atoms with Crippen LogP contribution in [-0.4, -0.2) is 18.7 Å². The number of ether oxygens (including phenoxy) is 1. The third kappa shape index (κ3) is 3.27. The maximum Gasteiger partial charge on any atom is 0.123 e. The van der Waals surface area contributed by atoms with Gasteiger partial charge in [0.15, 0.2) is 0 Å². The van der Waals surface area contributed by atoms with Gasteiger partial charge in [0, 0.05) is 24.6 Å². The molecule has 1 N–H and O–H groups in total. The van der Waals surface area contributed by atoms with Crippen molar-refractivity contribution < 1.29 is 9.13 Å². The van der Waals surface area contributed by atoms with Crippen LogP contribution in [0.5, 0.6) is 5.75 Å². The van der Waals surface area contributed by atoms with Gasteiger partial charge in [-0.15, -0.1) is 0 Å². The molecule has 3 rings (SSSR count). The molecule has 1 aromatic carbocycles. The highest BCUT2D eigenvalue weighted by atomic mass is 19.1. The summed E-state index contributed by atoms with van der Waals surface area (Å²) in [5, 5.41) is 3.61. The summed E-state index contributed by atoms with van der Waals surface area (Å²) in [6.45, 7) is 3.10. The standard InChI is InChI=1S/C16H22FNO/c1-2-14(7-11-3-4-11)18-10-15-9-12-8-13(17)5-6-16(12)19-15/h5-6,8,11,14-15,18H,2-4,7,9-10H2,1H3. The Morgan fingerprint density at radius 2 is 2.26 bits per heavy atom. The van der Waals surface area contributed by atoms with Gasteiger partial charge in [-0.05, 0) is 37.0 Å². The average Bonchev–Trinajstić information content (AvgIpc) is 3.13. The zero-order valence-corrected chi connectivity index (χ0v) is 11.5. The quantitative estimate of drug-likeness (QED) is 0.850. The Balaban J connectivity index is 1.49. The first-order valence-corrected chi connectivity index (χ1v) is 7.43. The van der Waals surface area contributed by atoms with E-state index < -0.39 is 0 Å². The Morgan fingerprint density at radius 1 is 1.42 bits per heavy atom. The van der Waals surface area contributed by atoms with Gasteiger partial charge in [-0.1, -0.05) is 19.8 Å². The number of benzene rings is 1. The fourth-order valence-corrected chi connectivity index (χ4v) is 2.85. The van der Waals surface area contributed by atoms with Gasteiger partial charge in [-0.25, -0.2) is 4.39 Å². The Bertz CT molecular complexity index is 444. The molecule has 1 aliphatic heterocycles. The first-order chi connectivity index (χ1) is 9.24. The van der Waals surface area contributed by atoms with Crippen LogP contribution in [0.3, 0.4) is 0 Å². The molecular weight excluding hydrogens is 241 g/mol. The highest BCUT2D eigenvalue weighted by Crippen LogP contribution is 2.34. The van der Waals surface area contributed by atoms with E-state index in [2.05, 4.69) is 12.2 Å². The van der Waals surface area contributed by atoms with Crippen LogP contribution in [-0.2, 0) is 6.42 Å². The van der Waals surface area contributed by atoms with Crippen molar-refractivity contribution in [3.8, 4) is 5.75 Å². The Morgan fingerprint density at radius 3 is 3.00 bits per heavy atom. The molecule has 0 saturated heterocycles. The number of rotatable bonds is 6. The van der Waals surface area contributed by atoms with Crippen molar-refractivity contribution in [2.45, 2.75) is 51.2 Å². The van der Waals surface area contributed by atoms with Gasteiger partial charge in [-0.2, -0.15) is 0 Å². The Hall–Kier alpha value is -1.09. The van der Waals surface area contributed by atoms with Crippen molar-refractivity contribution in [3.05, 3.63) is 29.6 Å². The van der Waals surface area contributed by atoms with Crippen molar-refractivity contribution >= 4 is 0 Å².